The lowest BCUT2D eigenvalue weighted by atomic mass is 9.97. The van der Waals surface area contributed by atoms with Crippen molar-refractivity contribution in [3.05, 3.63) is 63.8 Å². The van der Waals surface area contributed by atoms with Crippen molar-refractivity contribution in [2.45, 2.75) is 11.1 Å². The molecule has 3 nitrogen and oxygen atoms in total. The Balaban J connectivity index is 2.16. The van der Waals surface area contributed by atoms with E-state index in [1.165, 1.54) is 0 Å². The molecule has 0 saturated carbocycles. The van der Waals surface area contributed by atoms with E-state index in [9.17, 15) is 23.2 Å². The van der Waals surface area contributed by atoms with Crippen LogP contribution in [0, 0.1) is 11.3 Å². The van der Waals surface area contributed by atoms with Gasteiger partial charge in [-0.2, -0.15) is 18.4 Å². The monoisotopic (exact) mass is 418 g/mol. The molecular formula is C20H13F3N2OS2. The van der Waals surface area contributed by atoms with Gasteiger partial charge in [0.25, 0.3) is 5.91 Å². The highest BCUT2D eigenvalue weighted by Crippen LogP contribution is 2.44. The molecule has 0 aliphatic rings. The van der Waals surface area contributed by atoms with E-state index >= 15 is 0 Å². The number of carbonyl (C=O) groups is 1. The van der Waals surface area contributed by atoms with Gasteiger partial charge in [-0.3, -0.25) is 4.79 Å². The van der Waals surface area contributed by atoms with Crippen LogP contribution in [-0.4, -0.2) is 12.2 Å². The molecule has 0 atom stereocenters. The summed E-state index contributed by atoms with van der Waals surface area (Å²) in [6.45, 7) is 0. The van der Waals surface area contributed by atoms with Crippen LogP contribution >= 0.6 is 23.1 Å². The van der Waals surface area contributed by atoms with Crippen LogP contribution in [0.4, 0.5) is 13.2 Å². The van der Waals surface area contributed by atoms with Gasteiger partial charge in [-0.15, -0.1) is 23.1 Å². The van der Waals surface area contributed by atoms with E-state index in [0.717, 1.165) is 16.0 Å². The summed E-state index contributed by atoms with van der Waals surface area (Å²) in [5.41, 5.74) is 6.83. The second-order valence-electron chi connectivity index (χ2n) is 5.76. The van der Waals surface area contributed by atoms with Crippen molar-refractivity contribution in [2.75, 3.05) is 6.26 Å². The molecule has 0 spiro atoms. The Morgan fingerprint density at radius 2 is 1.71 bits per heavy atom. The molecule has 0 aliphatic carbocycles. The van der Waals surface area contributed by atoms with Crippen LogP contribution in [0.15, 0.2) is 53.4 Å². The molecule has 1 amide bonds. The predicted octanol–water partition coefficient (Wildman–Crippen LogP) is 5.79. The molecule has 1 heterocycles. The van der Waals surface area contributed by atoms with Crippen LogP contribution in [0.2, 0.25) is 0 Å². The number of thiophene rings is 1. The molecule has 28 heavy (non-hydrogen) atoms. The lowest BCUT2D eigenvalue weighted by Crippen LogP contribution is -2.10. The lowest BCUT2D eigenvalue weighted by molar-refractivity contribution is -0.134. The molecule has 3 aromatic rings. The van der Waals surface area contributed by atoms with Gasteiger partial charge in [0.1, 0.15) is 15.8 Å². The molecule has 2 N–H and O–H groups in total. The molecule has 1 aromatic heterocycles. The van der Waals surface area contributed by atoms with Gasteiger partial charge in [0.2, 0.25) is 0 Å². The summed E-state index contributed by atoms with van der Waals surface area (Å²) in [7, 11) is 0. The highest BCUT2D eigenvalue weighted by molar-refractivity contribution is 7.98. The predicted molar refractivity (Wildman–Crippen MR) is 105 cm³/mol. The van der Waals surface area contributed by atoms with Crippen LogP contribution in [0.5, 0.6) is 0 Å². The van der Waals surface area contributed by atoms with Gasteiger partial charge >= 0.3 is 6.18 Å². The molecule has 3 rings (SSSR count). The smallest absolute Gasteiger partial charge is 0.365 e. The zero-order valence-electron chi connectivity index (χ0n) is 14.5. The van der Waals surface area contributed by atoms with Crippen molar-refractivity contribution < 1.29 is 18.0 Å². The van der Waals surface area contributed by atoms with Crippen LogP contribution in [-0.2, 0) is 6.18 Å². The molecule has 0 aliphatic heterocycles. The number of rotatable bonds is 4. The van der Waals surface area contributed by atoms with Gasteiger partial charge in [-0.25, -0.2) is 0 Å². The second-order valence-corrected chi connectivity index (χ2v) is 7.63. The average Bonchev–Trinajstić information content (AvgIpc) is 3.08. The molecular weight excluding hydrogens is 405 g/mol. The third kappa shape index (κ3) is 3.63. The Morgan fingerprint density at radius 1 is 1.11 bits per heavy atom. The minimum absolute atomic E-state index is 0.0722. The number of amides is 1. The van der Waals surface area contributed by atoms with Gasteiger partial charge in [0.15, 0.2) is 0 Å². The van der Waals surface area contributed by atoms with Gasteiger partial charge in [0, 0.05) is 10.5 Å². The number of nitriles is 1. The standard InChI is InChI=1S/C20H13F3N2OS2/c1-27-15-5-3-2-4-13(15)11-6-8-12(9-7-11)16-14(10-24)18(20(21,22)23)28-17(16)19(25)26/h2-9H,1H3,(H2,25,26). The first-order valence-electron chi connectivity index (χ1n) is 7.95. The molecule has 0 bridgehead atoms. The fourth-order valence-corrected chi connectivity index (χ4v) is 4.50. The van der Waals surface area contributed by atoms with Crippen LogP contribution in [0.3, 0.4) is 0 Å². The normalized spacial score (nSPS) is 11.2. The number of halogens is 3. The van der Waals surface area contributed by atoms with Crippen molar-refractivity contribution in [2.24, 2.45) is 5.73 Å². The first-order chi connectivity index (χ1) is 13.3. The van der Waals surface area contributed by atoms with Crippen molar-refractivity contribution in [3.63, 3.8) is 0 Å². The van der Waals surface area contributed by atoms with E-state index in [2.05, 4.69) is 0 Å². The first-order valence-corrected chi connectivity index (χ1v) is 9.99. The topological polar surface area (TPSA) is 66.9 Å². The summed E-state index contributed by atoms with van der Waals surface area (Å²) in [6.07, 6.45) is -2.79. The van der Waals surface area contributed by atoms with E-state index in [-0.39, 0.29) is 21.8 Å². The highest BCUT2D eigenvalue weighted by Gasteiger charge is 2.39. The average molecular weight is 418 g/mol. The Morgan fingerprint density at radius 3 is 2.25 bits per heavy atom. The fourth-order valence-electron chi connectivity index (χ4n) is 2.89. The number of benzene rings is 2. The third-order valence-corrected chi connectivity index (χ3v) is 6.14. The second kappa shape index (κ2) is 7.70. The Bertz CT molecular complexity index is 1080. The van der Waals surface area contributed by atoms with Crippen molar-refractivity contribution in [1.82, 2.24) is 0 Å². The number of thioether (sulfide) groups is 1. The van der Waals surface area contributed by atoms with Crippen molar-refractivity contribution in [3.8, 4) is 28.3 Å². The number of nitrogens with zero attached hydrogens (tertiary/aromatic N) is 1. The SMILES string of the molecule is CSc1ccccc1-c1ccc(-c2c(C(N)=O)sc(C(F)(F)F)c2C#N)cc1. The van der Waals surface area contributed by atoms with Gasteiger partial charge in [-0.05, 0) is 29.0 Å². The van der Waals surface area contributed by atoms with Crippen LogP contribution < -0.4 is 5.73 Å². The zero-order valence-corrected chi connectivity index (χ0v) is 16.1. The molecule has 0 radical (unpaired) electrons. The van der Waals surface area contributed by atoms with Crippen LogP contribution in [0.1, 0.15) is 20.1 Å². The Hall–Kier alpha value is -2.76. The first kappa shape index (κ1) is 20.0. The number of nitrogens with two attached hydrogens (primary N) is 1. The highest BCUT2D eigenvalue weighted by atomic mass is 32.2. The van der Waals surface area contributed by atoms with Gasteiger partial charge < -0.3 is 5.73 Å². The quantitative estimate of drug-likeness (QED) is 0.545. The van der Waals surface area contributed by atoms with E-state index < -0.39 is 22.5 Å². The zero-order chi connectivity index (χ0) is 20.5. The molecule has 142 valence electrons. The fraction of sp³-hybridized carbons (Fsp3) is 0.100. The maximum Gasteiger partial charge on any atom is 0.426 e. The van der Waals surface area contributed by atoms with E-state index in [1.54, 1.807) is 42.1 Å². The maximum absolute atomic E-state index is 13.3. The summed E-state index contributed by atoms with van der Waals surface area (Å²) in [5, 5.41) is 9.32. The molecule has 0 fully saturated rings. The molecule has 0 saturated heterocycles. The summed E-state index contributed by atoms with van der Waals surface area (Å²) in [6, 6.07) is 16.0. The molecule has 8 heteroatoms. The summed E-state index contributed by atoms with van der Waals surface area (Å²) in [4.78, 5) is 11.4. The van der Waals surface area contributed by atoms with E-state index in [4.69, 9.17) is 5.73 Å². The maximum atomic E-state index is 13.3. The number of carbonyl (C=O) groups excluding carboxylic acids is 1. The Kier molecular flexibility index (Phi) is 5.49. The summed E-state index contributed by atoms with van der Waals surface area (Å²) >= 11 is 1.78. The molecule has 2 aromatic carbocycles. The number of alkyl halides is 3. The Labute approximate surface area is 167 Å². The van der Waals surface area contributed by atoms with Crippen LogP contribution in [0.25, 0.3) is 22.3 Å². The van der Waals surface area contributed by atoms with E-state index in [0.29, 0.717) is 5.56 Å². The molecule has 0 unspecified atom stereocenters. The number of primary amides is 1. The van der Waals surface area contributed by atoms with Crippen molar-refractivity contribution in [1.29, 1.82) is 5.26 Å². The minimum Gasteiger partial charge on any atom is -0.365 e. The van der Waals surface area contributed by atoms with Crippen molar-refractivity contribution >= 4 is 29.0 Å². The third-order valence-electron chi connectivity index (χ3n) is 4.09. The van der Waals surface area contributed by atoms with Gasteiger partial charge in [0.05, 0.1) is 5.56 Å². The lowest BCUT2D eigenvalue weighted by Gasteiger charge is -2.09. The number of hydrogen-bond donors (Lipinski definition) is 1. The van der Waals surface area contributed by atoms with Gasteiger partial charge in [-0.1, -0.05) is 42.5 Å². The largest absolute Gasteiger partial charge is 0.426 e. The number of hydrogen-bond acceptors (Lipinski definition) is 4. The summed E-state index contributed by atoms with van der Waals surface area (Å²) in [5.74, 6) is -0.996. The summed E-state index contributed by atoms with van der Waals surface area (Å²) < 4.78 is 39.8. The van der Waals surface area contributed by atoms with E-state index in [1.807, 2.05) is 30.5 Å². The minimum atomic E-state index is -4.74.